The highest BCUT2D eigenvalue weighted by Gasteiger charge is 2.28. The molecule has 3 aromatic rings. The van der Waals surface area contributed by atoms with E-state index < -0.39 is 11.9 Å². The summed E-state index contributed by atoms with van der Waals surface area (Å²) >= 11 is 3.56. The van der Waals surface area contributed by atoms with Gasteiger partial charge in [-0.25, -0.2) is 13.8 Å². The Bertz CT molecular complexity index is 1120. The van der Waals surface area contributed by atoms with Crippen LogP contribution in [0.1, 0.15) is 56.2 Å². The van der Waals surface area contributed by atoms with Crippen molar-refractivity contribution in [1.29, 1.82) is 0 Å². The second-order valence-electron chi connectivity index (χ2n) is 8.27. The highest BCUT2D eigenvalue weighted by molar-refractivity contribution is 9.10. The maximum absolute atomic E-state index is 13.6. The zero-order valence-corrected chi connectivity index (χ0v) is 18.6. The first kappa shape index (κ1) is 21.7. The number of halogens is 3. The van der Waals surface area contributed by atoms with Crippen molar-refractivity contribution < 1.29 is 18.7 Å². The van der Waals surface area contributed by atoms with Gasteiger partial charge in [0.15, 0.2) is 5.65 Å². The first-order valence-electron chi connectivity index (χ1n) is 10.2. The number of hydrogen-bond acceptors (Lipinski definition) is 4. The van der Waals surface area contributed by atoms with Gasteiger partial charge in [-0.05, 0) is 53.1 Å². The maximum atomic E-state index is 13.6. The minimum absolute atomic E-state index is 0.0539. The Balaban J connectivity index is 1.68. The largest absolute Gasteiger partial charge is 0.481 e. The van der Waals surface area contributed by atoms with Crippen LogP contribution in [0.25, 0.3) is 16.8 Å². The third-order valence-electron chi connectivity index (χ3n) is 6.05. The molecule has 0 radical (unpaired) electrons. The highest BCUT2D eigenvalue weighted by atomic mass is 79.9. The molecule has 6 nitrogen and oxygen atoms in total. The molecule has 0 unspecified atom stereocenters. The normalized spacial score (nSPS) is 19.6. The number of fused-ring (bicyclic) bond motifs is 1. The monoisotopic (exact) mass is 492 g/mol. The molecule has 1 aromatic carbocycles. The van der Waals surface area contributed by atoms with Crippen molar-refractivity contribution in [3.05, 3.63) is 46.2 Å². The fraction of sp³-hybridized carbons (Fsp3) is 0.409. The number of carboxylic acid groups (broad SMARTS) is 1. The van der Waals surface area contributed by atoms with Gasteiger partial charge in [0.05, 0.1) is 16.4 Å². The van der Waals surface area contributed by atoms with Crippen LogP contribution in [0, 0.1) is 5.92 Å². The minimum Gasteiger partial charge on any atom is -0.481 e. The summed E-state index contributed by atoms with van der Waals surface area (Å²) in [6, 6.07) is 6.10. The Labute approximate surface area is 186 Å². The number of nitrogen functional groups attached to an aromatic ring is 1. The number of rotatable bonds is 5. The van der Waals surface area contributed by atoms with E-state index in [1.54, 1.807) is 22.8 Å². The van der Waals surface area contributed by atoms with Gasteiger partial charge >= 0.3 is 5.97 Å². The van der Waals surface area contributed by atoms with Crippen LogP contribution >= 0.6 is 15.9 Å². The molecule has 31 heavy (non-hydrogen) atoms. The quantitative estimate of drug-likeness (QED) is 0.483. The summed E-state index contributed by atoms with van der Waals surface area (Å²) in [5.74, 6) is -2.88. The van der Waals surface area contributed by atoms with Crippen LogP contribution in [0.4, 0.5) is 14.6 Å². The summed E-state index contributed by atoms with van der Waals surface area (Å²) in [6.07, 6.45) is 5.16. The average Bonchev–Trinajstić information content (AvgIpc) is 3.14. The number of benzene rings is 1. The van der Waals surface area contributed by atoms with Crippen LogP contribution < -0.4 is 5.73 Å². The third kappa shape index (κ3) is 4.28. The van der Waals surface area contributed by atoms with Gasteiger partial charge in [0.25, 0.3) is 5.92 Å². The SMILES string of the molecule is CC(F)(F)c1ccc(-c2cnn3c(N)c(Br)c(C4CCC(CC(=O)O)CC4)nc23)cc1. The molecular weight excluding hydrogens is 470 g/mol. The van der Waals surface area contributed by atoms with E-state index in [2.05, 4.69) is 21.0 Å². The topological polar surface area (TPSA) is 93.5 Å². The number of aliphatic carboxylic acids is 1. The molecule has 164 valence electrons. The van der Waals surface area contributed by atoms with E-state index in [1.165, 1.54) is 12.1 Å². The van der Waals surface area contributed by atoms with Crippen LogP contribution in [-0.4, -0.2) is 25.7 Å². The molecule has 9 heteroatoms. The molecule has 0 aliphatic heterocycles. The molecule has 1 aliphatic rings. The van der Waals surface area contributed by atoms with Crippen molar-refractivity contribution in [2.75, 3.05) is 5.73 Å². The van der Waals surface area contributed by atoms with E-state index in [0.717, 1.165) is 43.9 Å². The van der Waals surface area contributed by atoms with Crippen molar-refractivity contribution >= 4 is 33.4 Å². The Morgan fingerprint density at radius 3 is 2.48 bits per heavy atom. The van der Waals surface area contributed by atoms with E-state index in [9.17, 15) is 13.6 Å². The predicted octanol–water partition coefficient (Wildman–Crippen LogP) is 5.60. The van der Waals surface area contributed by atoms with Gasteiger partial charge in [0.2, 0.25) is 0 Å². The molecule has 0 spiro atoms. The Kier molecular flexibility index (Phi) is 5.72. The molecule has 0 bridgehead atoms. The number of carboxylic acids is 1. The number of alkyl halides is 2. The van der Waals surface area contributed by atoms with Crippen molar-refractivity contribution in [3.8, 4) is 11.1 Å². The lowest BCUT2D eigenvalue weighted by atomic mass is 9.79. The number of aromatic nitrogens is 3. The molecule has 4 rings (SSSR count). The summed E-state index contributed by atoms with van der Waals surface area (Å²) in [4.78, 5) is 15.9. The third-order valence-corrected chi connectivity index (χ3v) is 6.86. The smallest absolute Gasteiger partial charge is 0.303 e. The van der Waals surface area contributed by atoms with Crippen LogP contribution in [0.5, 0.6) is 0 Å². The van der Waals surface area contributed by atoms with Crippen LogP contribution in [0.2, 0.25) is 0 Å². The zero-order valence-electron chi connectivity index (χ0n) is 17.0. The number of nitrogens with zero attached hydrogens (tertiary/aromatic N) is 3. The Morgan fingerprint density at radius 2 is 1.90 bits per heavy atom. The summed E-state index contributed by atoms with van der Waals surface area (Å²) in [5.41, 5.74) is 9.12. The maximum Gasteiger partial charge on any atom is 0.303 e. The standard InChI is InChI=1S/C22H23BrF2N4O2/c1-22(24,25)15-8-6-13(7-9-15)16-11-27-29-20(26)18(23)19(28-21(16)29)14-4-2-12(3-5-14)10-17(30)31/h6-9,11-12,14H,2-5,10,26H2,1H3,(H,30,31). The van der Waals surface area contributed by atoms with Gasteiger partial charge in [-0.15, -0.1) is 0 Å². The number of hydrogen-bond donors (Lipinski definition) is 2. The van der Waals surface area contributed by atoms with Crippen molar-refractivity contribution in [1.82, 2.24) is 14.6 Å². The fourth-order valence-corrected chi connectivity index (χ4v) is 4.90. The second kappa shape index (κ2) is 8.18. The van der Waals surface area contributed by atoms with E-state index in [1.807, 2.05) is 0 Å². The molecule has 2 aromatic heterocycles. The molecule has 1 saturated carbocycles. The van der Waals surface area contributed by atoms with E-state index in [0.29, 0.717) is 21.5 Å². The lowest BCUT2D eigenvalue weighted by Gasteiger charge is -2.28. The number of carbonyl (C=O) groups is 1. The van der Waals surface area contributed by atoms with Gasteiger partial charge in [-0.1, -0.05) is 24.3 Å². The Hall–Kier alpha value is -2.55. The van der Waals surface area contributed by atoms with Gasteiger partial charge in [-0.2, -0.15) is 9.61 Å². The molecule has 0 amide bonds. The van der Waals surface area contributed by atoms with Gasteiger partial charge in [-0.3, -0.25) is 4.79 Å². The zero-order chi connectivity index (χ0) is 22.3. The van der Waals surface area contributed by atoms with Gasteiger partial charge in [0.1, 0.15) is 5.82 Å². The Morgan fingerprint density at radius 1 is 1.26 bits per heavy atom. The lowest BCUT2D eigenvalue weighted by molar-refractivity contribution is -0.138. The lowest BCUT2D eigenvalue weighted by Crippen LogP contribution is -2.18. The second-order valence-corrected chi connectivity index (χ2v) is 9.06. The van der Waals surface area contributed by atoms with Crippen LogP contribution in [-0.2, 0) is 10.7 Å². The van der Waals surface area contributed by atoms with E-state index in [-0.39, 0.29) is 23.8 Å². The van der Waals surface area contributed by atoms with Crippen molar-refractivity contribution in [2.24, 2.45) is 5.92 Å². The summed E-state index contributed by atoms with van der Waals surface area (Å²) < 4.78 is 29.3. The van der Waals surface area contributed by atoms with E-state index >= 15 is 0 Å². The predicted molar refractivity (Wildman–Crippen MR) is 117 cm³/mol. The molecule has 0 saturated heterocycles. The molecule has 1 aliphatic carbocycles. The average molecular weight is 493 g/mol. The molecule has 0 atom stereocenters. The first-order valence-corrected chi connectivity index (χ1v) is 11.0. The summed E-state index contributed by atoms with van der Waals surface area (Å²) in [7, 11) is 0. The van der Waals surface area contributed by atoms with Crippen LogP contribution in [0.15, 0.2) is 34.9 Å². The summed E-state index contributed by atoms with van der Waals surface area (Å²) in [6.45, 7) is 0.870. The number of anilines is 1. The van der Waals surface area contributed by atoms with Gasteiger partial charge in [0, 0.05) is 30.4 Å². The summed E-state index contributed by atoms with van der Waals surface area (Å²) in [5, 5.41) is 13.4. The van der Waals surface area contributed by atoms with Crippen LogP contribution in [0.3, 0.4) is 0 Å². The first-order chi connectivity index (χ1) is 14.6. The molecule has 2 heterocycles. The minimum atomic E-state index is -2.90. The molecule has 1 fully saturated rings. The fourth-order valence-electron chi connectivity index (χ4n) is 4.32. The van der Waals surface area contributed by atoms with Gasteiger partial charge < -0.3 is 10.8 Å². The van der Waals surface area contributed by atoms with Crippen molar-refractivity contribution in [3.63, 3.8) is 0 Å². The molecule has 3 N–H and O–H groups in total. The molecular formula is C22H23BrF2N4O2. The number of nitrogens with two attached hydrogens (primary N) is 1. The highest BCUT2D eigenvalue weighted by Crippen LogP contribution is 2.41. The van der Waals surface area contributed by atoms with E-state index in [4.69, 9.17) is 15.8 Å². The van der Waals surface area contributed by atoms with Crippen molar-refractivity contribution in [2.45, 2.75) is 50.9 Å².